The number of phenolic OH excluding ortho intramolecular Hbond substituents is 1. The number of phenols is 1. The van der Waals surface area contributed by atoms with Crippen LogP contribution in [-0.2, 0) is 4.79 Å². The third-order valence-corrected chi connectivity index (χ3v) is 3.26. The van der Waals surface area contributed by atoms with Gasteiger partial charge in [0.1, 0.15) is 5.75 Å². The first-order chi connectivity index (χ1) is 8.45. The molecule has 4 nitrogen and oxygen atoms in total. The molecule has 1 unspecified atom stereocenters. The van der Waals surface area contributed by atoms with Gasteiger partial charge in [0.25, 0.3) is 0 Å². The molecule has 4 heteroatoms. The molecule has 0 spiro atoms. The van der Waals surface area contributed by atoms with Crippen molar-refractivity contribution in [2.75, 3.05) is 20.6 Å². The number of carbonyl (C=O) groups excluding carboxylic acids is 1. The van der Waals surface area contributed by atoms with E-state index >= 15 is 0 Å². The summed E-state index contributed by atoms with van der Waals surface area (Å²) in [6.45, 7) is 4.69. The quantitative estimate of drug-likeness (QED) is 0.838. The molecular weight excluding hydrogens is 228 g/mol. The molecule has 1 atom stereocenters. The van der Waals surface area contributed by atoms with Crippen molar-refractivity contribution >= 4 is 5.91 Å². The maximum atomic E-state index is 11.2. The summed E-state index contributed by atoms with van der Waals surface area (Å²) < 4.78 is 0. The molecule has 0 aliphatic heterocycles. The Balaban J connectivity index is 2.70. The standard InChI is InChI=1S/C14H22N2O2/c1-10-5-6-13(17)12(9-10)11(2)16(4)8-7-14(18)15-3/h5-6,9,11,17H,7-8H2,1-4H3,(H,15,18). The van der Waals surface area contributed by atoms with Gasteiger partial charge in [0, 0.05) is 31.6 Å². The highest BCUT2D eigenvalue weighted by Gasteiger charge is 2.16. The van der Waals surface area contributed by atoms with Gasteiger partial charge < -0.3 is 10.4 Å². The minimum Gasteiger partial charge on any atom is -0.508 e. The summed E-state index contributed by atoms with van der Waals surface area (Å²) in [5.74, 6) is 0.336. The predicted molar refractivity (Wildman–Crippen MR) is 72.6 cm³/mol. The molecule has 2 N–H and O–H groups in total. The summed E-state index contributed by atoms with van der Waals surface area (Å²) >= 11 is 0. The molecule has 1 aromatic rings. The number of aromatic hydroxyl groups is 1. The second kappa shape index (κ2) is 6.40. The number of nitrogens with one attached hydrogen (secondary N) is 1. The van der Waals surface area contributed by atoms with E-state index in [-0.39, 0.29) is 11.9 Å². The molecule has 18 heavy (non-hydrogen) atoms. The number of aryl methyl sites for hydroxylation is 1. The SMILES string of the molecule is CNC(=O)CCN(C)C(C)c1cc(C)ccc1O. The number of benzene rings is 1. The van der Waals surface area contributed by atoms with Gasteiger partial charge in [0.05, 0.1) is 0 Å². The fourth-order valence-electron chi connectivity index (χ4n) is 1.84. The first-order valence-electron chi connectivity index (χ1n) is 6.16. The summed E-state index contributed by atoms with van der Waals surface area (Å²) in [5, 5.41) is 12.5. The zero-order valence-corrected chi connectivity index (χ0v) is 11.5. The first-order valence-corrected chi connectivity index (χ1v) is 6.16. The van der Waals surface area contributed by atoms with Gasteiger partial charge in [0.2, 0.25) is 5.91 Å². The van der Waals surface area contributed by atoms with Gasteiger partial charge in [-0.2, -0.15) is 0 Å². The molecule has 0 aliphatic rings. The molecule has 0 radical (unpaired) electrons. The Hall–Kier alpha value is -1.55. The lowest BCUT2D eigenvalue weighted by Crippen LogP contribution is -2.28. The summed E-state index contributed by atoms with van der Waals surface area (Å²) in [6, 6.07) is 5.66. The molecular formula is C14H22N2O2. The number of carbonyl (C=O) groups is 1. The van der Waals surface area contributed by atoms with Crippen molar-refractivity contribution < 1.29 is 9.90 Å². The van der Waals surface area contributed by atoms with Crippen LogP contribution in [0.25, 0.3) is 0 Å². The molecule has 0 aliphatic carbocycles. The van der Waals surface area contributed by atoms with Crippen molar-refractivity contribution in [3.63, 3.8) is 0 Å². The Kier molecular flexibility index (Phi) is 5.16. The van der Waals surface area contributed by atoms with E-state index < -0.39 is 0 Å². The predicted octanol–water partition coefficient (Wildman–Crippen LogP) is 1.83. The average Bonchev–Trinajstić information content (AvgIpc) is 2.37. The summed E-state index contributed by atoms with van der Waals surface area (Å²) in [7, 11) is 3.59. The van der Waals surface area contributed by atoms with Crippen molar-refractivity contribution in [1.29, 1.82) is 0 Å². The summed E-state index contributed by atoms with van der Waals surface area (Å²) in [5.41, 5.74) is 2.02. The van der Waals surface area contributed by atoms with Crippen LogP contribution >= 0.6 is 0 Å². The van der Waals surface area contributed by atoms with E-state index in [1.807, 2.05) is 33.0 Å². The molecule has 0 bridgehead atoms. The molecule has 0 fully saturated rings. The lowest BCUT2D eigenvalue weighted by atomic mass is 10.0. The van der Waals surface area contributed by atoms with Crippen LogP contribution in [0.5, 0.6) is 5.75 Å². The minimum atomic E-state index is 0.0301. The third kappa shape index (κ3) is 3.74. The van der Waals surface area contributed by atoms with Gasteiger partial charge in [-0.3, -0.25) is 9.69 Å². The van der Waals surface area contributed by atoms with E-state index in [9.17, 15) is 9.90 Å². The van der Waals surface area contributed by atoms with Crippen LogP contribution < -0.4 is 5.32 Å². The van der Waals surface area contributed by atoms with E-state index in [4.69, 9.17) is 0 Å². The van der Waals surface area contributed by atoms with Crippen molar-refractivity contribution in [3.8, 4) is 5.75 Å². The lowest BCUT2D eigenvalue weighted by molar-refractivity contribution is -0.120. The normalized spacial score (nSPS) is 12.5. The highest BCUT2D eigenvalue weighted by Crippen LogP contribution is 2.28. The molecule has 0 aromatic heterocycles. The van der Waals surface area contributed by atoms with Gasteiger partial charge >= 0.3 is 0 Å². The average molecular weight is 250 g/mol. The number of hydrogen-bond donors (Lipinski definition) is 2. The van der Waals surface area contributed by atoms with Crippen LogP contribution in [0.4, 0.5) is 0 Å². The highest BCUT2D eigenvalue weighted by atomic mass is 16.3. The zero-order chi connectivity index (χ0) is 13.7. The Morgan fingerprint density at radius 1 is 1.50 bits per heavy atom. The van der Waals surface area contributed by atoms with Gasteiger partial charge in [0.15, 0.2) is 0 Å². The molecule has 1 aromatic carbocycles. The van der Waals surface area contributed by atoms with Crippen molar-refractivity contribution in [3.05, 3.63) is 29.3 Å². The zero-order valence-electron chi connectivity index (χ0n) is 11.5. The largest absolute Gasteiger partial charge is 0.508 e. The number of rotatable bonds is 5. The third-order valence-electron chi connectivity index (χ3n) is 3.26. The maximum absolute atomic E-state index is 11.2. The summed E-state index contributed by atoms with van der Waals surface area (Å²) in [6.07, 6.45) is 0.462. The Morgan fingerprint density at radius 3 is 2.78 bits per heavy atom. The maximum Gasteiger partial charge on any atom is 0.221 e. The Morgan fingerprint density at radius 2 is 2.17 bits per heavy atom. The van der Waals surface area contributed by atoms with Crippen molar-refractivity contribution in [2.24, 2.45) is 0 Å². The summed E-state index contributed by atoms with van der Waals surface area (Å²) in [4.78, 5) is 13.3. The van der Waals surface area contributed by atoms with Crippen LogP contribution in [0, 0.1) is 6.92 Å². The van der Waals surface area contributed by atoms with Gasteiger partial charge in [-0.1, -0.05) is 17.7 Å². The number of nitrogens with zero attached hydrogens (tertiary/aromatic N) is 1. The fraction of sp³-hybridized carbons (Fsp3) is 0.500. The van der Waals surface area contributed by atoms with Crippen LogP contribution in [0.3, 0.4) is 0 Å². The second-order valence-corrected chi connectivity index (χ2v) is 4.64. The van der Waals surface area contributed by atoms with Crippen LogP contribution in [0.1, 0.15) is 30.5 Å². The van der Waals surface area contributed by atoms with Gasteiger partial charge in [-0.15, -0.1) is 0 Å². The van der Waals surface area contributed by atoms with Crippen LogP contribution in [0.2, 0.25) is 0 Å². The Labute approximate surface area is 109 Å². The van der Waals surface area contributed by atoms with E-state index in [0.717, 1.165) is 11.1 Å². The highest BCUT2D eigenvalue weighted by molar-refractivity contribution is 5.75. The molecule has 1 rings (SSSR count). The van der Waals surface area contributed by atoms with E-state index in [1.165, 1.54) is 0 Å². The number of amides is 1. The molecule has 0 saturated heterocycles. The fourth-order valence-corrected chi connectivity index (χ4v) is 1.84. The second-order valence-electron chi connectivity index (χ2n) is 4.64. The van der Waals surface area contributed by atoms with E-state index in [2.05, 4.69) is 10.2 Å². The Bertz CT molecular complexity index is 418. The van der Waals surface area contributed by atoms with Crippen LogP contribution in [-0.4, -0.2) is 36.6 Å². The topological polar surface area (TPSA) is 52.6 Å². The molecule has 0 saturated carbocycles. The van der Waals surface area contributed by atoms with Crippen molar-refractivity contribution in [1.82, 2.24) is 10.2 Å². The lowest BCUT2D eigenvalue weighted by Gasteiger charge is -2.25. The van der Waals surface area contributed by atoms with Gasteiger partial charge in [-0.05, 0) is 27.0 Å². The van der Waals surface area contributed by atoms with Gasteiger partial charge in [-0.25, -0.2) is 0 Å². The molecule has 0 heterocycles. The molecule has 1 amide bonds. The van der Waals surface area contributed by atoms with E-state index in [1.54, 1.807) is 13.1 Å². The minimum absolute atomic E-state index is 0.0301. The monoisotopic (exact) mass is 250 g/mol. The van der Waals surface area contributed by atoms with Crippen LogP contribution in [0.15, 0.2) is 18.2 Å². The molecule has 100 valence electrons. The first kappa shape index (κ1) is 14.5. The number of hydrogen-bond acceptors (Lipinski definition) is 3. The van der Waals surface area contributed by atoms with E-state index in [0.29, 0.717) is 18.7 Å². The smallest absolute Gasteiger partial charge is 0.221 e. The van der Waals surface area contributed by atoms with Crippen molar-refractivity contribution in [2.45, 2.75) is 26.3 Å².